The van der Waals surface area contributed by atoms with Crippen LogP contribution < -0.4 is 0 Å². The number of halogens is 2. The van der Waals surface area contributed by atoms with Gasteiger partial charge in [-0.1, -0.05) is 13.0 Å². The van der Waals surface area contributed by atoms with Gasteiger partial charge in [-0.15, -0.1) is 0 Å². The quantitative estimate of drug-likeness (QED) is 0.743. The highest BCUT2D eigenvalue weighted by Gasteiger charge is 2.12. The van der Waals surface area contributed by atoms with Crippen molar-refractivity contribution >= 4 is 0 Å². The molecule has 0 unspecified atom stereocenters. The SMILES string of the molecule is C[C@@H](Cc1c(F)cccc1F)CN(C)C. The van der Waals surface area contributed by atoms with E-state index >= 15 is 0 Å². The summed E-state index contributed by atoms with van der Waals surface area (Å²) in [6.07, 6.45) is 0.441. The Morgan fingerprint density at radius 3 is 2.20 bits per heavy atom. The van der Waals surface area contributed by atoms with Crippen LogP contribution in [-0.4, -0.2) is 25.5 Å². The van der Waals surface area contributed by atoms with E-state index in [2.05, 4.69) is 0 Å². The van der Waals surface area contributed by atoms with Gasteiger partial charge in [-0.2, -0.15) is 0 Å². The minimum absolute atomic E-state index is 0.201. The van der Waals surface area contributed by atoms with Gasteiger partial charge < -0.3 is 4.90 Å². The Labute approximate surface area is 89.7 Å². The van der Waals surface area contributed by atoms with Crippen LogP contribution in [0.15, 0.2) is 18.2 Å². The Morgan fingerprint density at radius 1 is 1.20 bits per heavy atom. The maximum absolute atomic E-state index is 13.3. The van der Waals surface area contributed by atoms with Crippen molar-refractivity contribution < 1.29 is 8.78 Å². The summed E-state index contributed by atoms with van der Waals surface area (Å²) in [4.78, 5) is 2.02. The van der Waals surface area contributed by atoms with Gasteiger partial charge in [-0.25, -0.2) is 8.78 Å². The first kappa shape index (κ1) is 12.1. The molecule has 0 heterocycles. The summed E-state index contributed by atoms with van der Waals surface area (Å²) in [5.41, 5.74) is 0.201. The fraction of sp³-hybridized carbons (Fsp3) is 0.500. The van der Waals surface area contributed by atoms with E-state index in [9.17, 15) is 8.78 Å². The van der Waals surface area contributed by atoms with Crippen LogP contribution in [0.25, 0.3) is 0 Å². The summed E-state index contributed by atoms with van der Waals surface area (Å²) in [6.45, 7) is 2.82. The van der Waals surface area contributed by atoms with Crippen molar-refractivity contribution in [3.63, 3.8) is 0 Å². The van der Waals surface area contributed by atoms with Gasteiger partial charge in [0.25, 0.3) is 0 Å². The first-order valence-electron chi connectivity index (χ1n) is 5.08. The molecular formula is C12H17F2N. The van der Waals surface area contributed by atoms with Crippen LogP contribution in [0, 0.1) is 17.6 Å². The molecule has 0 radical (unpaired) electrons. The summed E-state index contributed by atoms with van der Waals surface area (Å²) >= 11 is 0. The largest absolute Gasteiger partial charge is 0.309 e. The molecule has 1 atom stereocenters. The predicted octanol–water partition coefficient (Wildman–Crippen LogP) is 2.71. The van der Waals surface area contributed by atoms with Crippen molar-refractivity contribution in [1.82, 2.24) is 4.90 Å². The average Bonchev–Trinajstić information content (AvgIpc) is 2.10. The summed E-state index contributed by atoms with van der Waals surface area (Å²) < 4.78 is 26.6. The molecule has 0 saturated carbocycles. The number of rotatable bonds is 4. The fourth-order valence-electron chi connectivity index (χ4n) is 1.76. The van der Waals surface area contributed by atoms with E-state index in [1.165, 1.54) is 18.2 Å². The summed E-state index contributed by atoms with van der Waals surface area (Å²) in [5, 5.41) is 0. The van der Waals surface area contributed by atoms with Crippen molar-refractivity contribution in [2.75, 3.05) is 20.6 Å². The van der Waals surface area contributed by atoms with Gasteiger partial charge in [0.2, 0.25) is 0 Å². The Hall–Kier alpha value is -0.960. The molecule has 0 fully saturated rings. The summed E-state index contributed by atoms with van der Waals surface area (Å²) in [7, 11) is 3.91. The fourth-order valence-corrected chi connectivity index (χ4v) is 1.76. The van der Waals surface area contributed by atoms with Crippen LogP contribution >= 0.6 is 0 Å². The van der Waals surface area contributed by atoms with Gasteiger partial charge in [0.15, 0.2) is 0 Å². The molecule has 0 aliphatic rings. The average molecular weight is 213 g/mol. The van der Waals surface area contributed by atoms with Gasteiger partial charge in [0.1, 0.15) is 11.6 Å². The lowest BCUT2D eigenvalue weighted by Gasteiger charge is -2.17. The standard InChI is InChI=1S/C12H17F2N/c1-9(8-15(2)3)7-10-11(13)5-4-6-12(10)14/h4-6,9H,7-8H2,1-3H3/t9-/m0/s1. The molecule has 1 nitrogen and oxygen atoms in total. The molecule has 1 aromatic carbocycles. The highest BCUT2D eigenvalue weighted by molar-refractivity contribution is 5.20. The van der Waals surface area contributed by atoms with Crippen LogP contribution in [-0.2, 0) is 6.42 Å². The zero-order valence-corrected chi connectivity index (χ0v) is 9.43. The first-order valence-corrected chi connectivity index (χ1v) is 5.08. The van der Waals surface area contributed by atoms with Gasteiger partial charge in [-0.3, -0.25) is 0 Å². The Morgan fingerprint density at radius 2 is 1.73 bits per heavy atom. The molecular weight excluding hydrogens is 196 g/mol. The van der Waals surface area contributed by atoms with Crippen molar-refractivity contribution in [1.29, 1.82) is 0 Å². The Kier molecular flexibility index (Phi) is 4.21. The molecule has 0 saturated heterocycles. The number of hydrogen-bond acceptors (Lipinski definition) is 1. The number of hydrogen-bond donors (Lipinski definition) is 0. The third-order valence-corrected chi connectivity index (χ3v) is 2.29. The molecule has 0 aliphatic carbocycles. The molecule has 1 rings (SSSR count). The van der Waals surface area contributed by atoms with Gasteiger partial charge >= 0.3 is 0 Å². The monoisotopic (exact) mass is 213 g/mol. The first-order chi connectivity index (χ1) is 7.00. The molecule has 0 spiro atoms. The van der Waals surface area contributed by atoms with Crippen molar-refractivity contribution in [2.45, 2.75) is 13.3 Å². The Balaban J connectivity index is 2.71. The summed E-state index contributed by atoms with van der Waals surface area (Å²) in [6, 6.07) is 4.01. The van der Waals surface area contributed by atoms with E-state index in [0.717, 1.165) is 6.54 Å². The predicted molar refractivity (Wildman–Crippen MR) is 57.8 cm³/mol. The third kappa shape index (κ3) is 3.59. The molecule has 0 N–H and O–H groups in total. The van der Waals surface area contributed by atoms with Crippen LogP contribution in [0.1, 0.15) is 12.5 Å². The smallest absolute Gasteiger partial charge is 0.129 e. The second-order valence-electron chi connectivity index (χ2n) is 4.27. The topological polar surface area (TPSA) is 3.24 Å². The van der Waals surface area contributed by atoms with E-state index in [1.54, 1.807) is 0 Å². The second-order valence-corrected chi connectivity index (χ2v) is 4.27. The lowest BCUT2D eigenvalue weighted by atomic mass is 10.00. The molecule has 0 amide bonds. The van der Waals surface area contributed by atoms with Crippen LogP contribution in [0.5, 0.6) is 0 Å². The van der Waals surface area contributed by atoms with Crippen molar-refractivity contribution in [2.24, 2.45) is 5.92 Å². The zero-order chi connectivity index (χ0) is 11.4. The van der Waals surface area contributed by atoms with E-state index in [1.807, 2.05) is 25.9 Å². The third-order valence-electron chi connectivity index (χ3n) is 2.29. The van der Waals surface area contributed by atoms with Crippen LogP contribution in [0.4, 0.5) is 8.78 Å². The lowest BCUT2D eigenvalue weighted by Crippen LogP contribution is -2.21. The normalized spacial score (nSPS) is 13.2. The van der Waals surface area contributed by atoms with Gasteiger partial charge in [-0.05, 0) is 38.6 Å². The lowest BCUT2D eigenvalue weighted by molar-refractivity contribution is 0.334. The highest BCUT2D eigenvalue weighted by Crippen LogP contribution is 2.16. The van der Waals surface area contributed by atoms with E-state index in [0.29, 0.717) is 6.42 Å². The molecule has 1 aromatic rings. The maximum atomic E-state index is 13.3. The molecule has 3 heteroatoms. The molecule has 0 bridgehead atoms. The zero-order valence-electron chi connectivity index (χ0n) is 9.43. The van der Waals surface area contributed by atoms with Crippen molar-refractivity contribution in [3.8, 4) is 0 Å². The minimum Gasteiger partial charge on any atom is -0.309 e. The van der Waals surface area contributed by atoms with Gasteiger partial charge in [0, 0.05) is 12.1 Å². The van der Waals surface area contributed by atoms with E-state index in [-0.39, 0.29) is 11.5 Å². The number of nitrogens with zero attached hydrogens (tertiary/aromatic N) is 1. The van der Waals surface area contributed by atoms with E-state index < -0.39 is 11.6 Å². The molecule has 84 valence electrons. The minimum atomic E-state index is -0.444. The number of benzene rings is 1. The molecule has 0 aromatic heterocycles. The highest BCUT2D eigenvalue weighted by atomic mass is 19.1. The van der Waals surface area contributed by atoms with Crippen LogP contribution in [0.3, 0.4) is 0 Å². The van der Waals surface area contributed by atoms with Crippen LogP contribution in [0.2, 0.25) is 0 Å². The van der Waals surface area contributed by atoms with Gasteiger partial charge in [0.05, 0.1) is 0 Å². The van der Waals surface area contributed by atoms with Crippen molar-refractivity contribution in [3.05, 3.63) is 35.4 Å². The molecule has 15 heavy (non-hydrogen) atoms. The molecule has 0 aliphatic heterocycles. The Bertz CT molecular complexity index is 303. The maximum Gasteiger partial charge on any atom is 0.129 e. The summed E-state index contributed by atoms with van der Waals surface area (Å²) in [5.74, 6) is -0.646. The second kappa shape index (κ2) is 5.21. The van der Waals surface area contributed by atoms with E-state index in [4.69, 9.17) is 0 Å².